The van der Waals surface area contributed by atoms with E-state index in [0.29, 0.717) is 30.6 Å². The Balaban J connectivity index is 4.06. The molecule has 5 nitrogen and oxygen atoms in total. The zero-order valence-electron chi connectivity index (χ0n) is 11.5. The Bertz CT molecular complexity index is 272. The predicted molar refractivity (Wildman–Crippen MR) is 75.0 cm³/mol. The van der Waals surface area contributed by atoms with E-state index >= 15 is 0 Å². The van der Waals surface area contributed by atoms with Gasteiger partial charge in [0.1, 0.15) is 6.04 Å². The van der Waals surface area contributed by atoms with Gasteiger partial charge in [0.15, 0.2) is 0 Å². The number of urea groups is 1. The zero-order valence-corrected chi connectivity index (χ0v) is 12.3. The van der Waals surface area contributed by atoms with Crippen LogP contribution in [0.25, 0.3) is 0 Å². The molecule has 0 aromatic rings. The molecule has 2 atom stereocenters. The van der Waals surface area contributed by atoms with Gasteiger partial charge in [-0.3, -0.25) is 0 Å². The number of carboxylic acid groups (broad SMARTS) is 1. The van der Waals surface area contributed by atoms with E-state index in [1.54, 1.807) is 11.8 Å². The first kappa shape index (κ1) is 17.1. The molecule has 2 unspecified atom stereocenters. The molecule has 0 aromatic carbocycles. The van der Waals surface area contributed by atoms with Gasteiger partial charge in [-0.1, -0.05) is 20.8 Å². The number of aliphatic carboxylic acids is 1. The molecule has 0 radical (unpaired) electrons. The maximum absolute atomic E-state index is 11.6. The van der Waals surface area contributed by atoms with E-state index in [-0.39, 0.29) is 0 Å². The number of hydrogen-bond donors (Lipinski definition) is 3. The van der Waals surface area contributed by atoms with Crippen molar-refractivity contribution in [3.63, 3.8) is 0 Å². The van der Waals surface area contributed by atoms with Crippen LogP contribution >= 0.6 is 11.8 Å². The lowest BCUT2D eigenvalue weighted by molar-refractivity contribution is -0.139. The van der Waals surface area contributed by atoms with Crippen LogP contribution < -0.4 is 10.6 Å². The van der Waals surface area contributed by atoms with Crippen molar-refractivity contribution in [3.8, 4) is 0 Å². The second-order valence-electron chi connectivity index (χ2n) is 4.75. The fraction of sp³-hybridized carbons (Fsp3) is 0.833. The highest BCUT2D eigenvalue weighted by Crippen LogP contribution is 2.07. The number of hydrogen-bond acceptors (Lipinski definition) is 3. The largest absolute Gasteiger partial charge is 0.480 e. The summed E-state index contributed by atoms with van der Waals surface area (Å²) in [5.41, 5.74) is 0. The van der Waals surface area contributed by atoms with Gasteiger partial charge in [-0.2, -0.15) is 11.8 Å². The molecule has 0 aromatic heterocycles. The van der Waals surface area contributed by atoms with Crippen molar-refractivity contribution in [2.75, 3.05) is 18.6 Å². The maximum atomic E-state index is 11.6. The number of nitrogens with one attached hydrogen (secondary N) is 2. The number of rotatable bonds is 8. The molecule has 0 heterocycles. The Kier molecular flexibility index (Phi) is 8.62. The Morgan fingerprint density at radius 2 is 1.89 bits per heavy atom. The third-order valence-electron chi connectivity index (χ3n) is 2.94. The van der Waals surface area contributed by atoms with E-state index < -0.39 is 18.0 Å². The summed E-state index contributed by atoms with van der Waals surface area (Å²) in [7, 11) is 0. The highest BCUT2D eigenvalue weighted by Gasteiger charge is 2.19. The molecular formula is C12H24N2O3S. The van der Waals surface area contributed by atoms with Crippen molar-refractivity contribution in [3.05, 3.63) is 0 Å². The average Bonchev–Trinajstić information content (AvgIpc) is 2.30. The van der Waals surface area contributed by atoms with Gasteiger partial charge in [0, 0.05) is 6.54 Å². The minimum atomic E-state index is -0.990. The van der Waals surface area contributed by atoms with Gasteiger partial charge in [-0.25, -0.2) is 9.59 Å². The zero-order chi connectivity index (χ0) is 14.1. The second kappa shape index (κ2) is 9.08. The smallest absolute Gasteiger partial charge is 0.326 e. The first-order valence-corrected chi connectivity index (χ1v) is 7.54. The van der Waals surface area contributed by atoms with Crippen molar-refractivity contribution < 1.29 is 14.7 Å². The SMILES string of the molecule is CSCCC(NC(=O)NCC(C)C(C)C)C(=O)O. The van der Waals surface area contributed by atoms with Crippen molar-refractivity contribution >= 4 is 23.8 Å². The second-order valence-corrected chi connectivity index (χ2v) is 5.73. The normalized spacial score (nSPS) is 14.1. The van der Waals surface area contributed by atoms with Crippen LogP contribution in [0.1, 0.15) is 27.2 Å². The van der Waals surface area contributed by atoms with E-state index in [9.17, 15) is 9.59 Å². The number of carboxylic acids is 1. The minimum absolute atomic E-state index is 0.366. The molecule has 0 rings (SSSR count). The van der Waals surface area contributed by atoms with Crippen molar-refractivity contribution in [1.82, 2.24) is 10.6 Å². The van der Waals surface area contributed by atoms with Gasteiger partial charge < -0.3 is 15.7 Å². The van der Waals surface area contributed by atoms with Crippen molar-refractivity contribution in [1.29, 1.82) is 0 Å². The van der Waals surface area contributed by atoms with E-state index in [0.717, 1.165) is 0 Å². The maximum Gasteiger partial charge on any atom is 0.326 e. The van der Waals surface area contributed by atoms with Crippen LogP contribution in [0.3, 0.4) is 0 Å². The third-order valence-corrected chi connectivity index (χ3v) is 3.58. The number of amides is 2. The lowest BCUT2D eigenvalue weighted by Crippen LogP contribution is -2.47. The first-order valence-electron chi connectivity index (χ1n) is 6.14. The molecule has 0 saturated carbocycles. The predicted octanol–water partition coefficient (Wildman–Crippen LogP) is 1.78. The fourth-order valence-corrected chi connectivity index (χ4v) is 1.66. The molecule has 0 spiro atoms. The van der Waals surface area contributed by atoms with Crippen LogP contribution in [-0.4, -0.2) is 41.7 Å². The van der Waals surface area contributed by atoms with Crippen LogP contribution in [-0.2, 0) is 4.79 Å². The summed E-state index contributed by atoms with van der Waals surface area (Å²) in [4.78, 5) is 22.5. The molecule has 18 heavy (non-hydrogen) atoms. The third kappa shape index (κ3) is 7.42. The fourth-order valence-electron chi connectivity index (χ4n) is 1.19. The summed E-state index contributed by atoms with van der Waals surface area (Å²) >= 11 is 1.56. The lowest BCUT2D eigenvalue weighted by atomic mass is 9.98. The number of thioether (sulfide) groups is 1. The molecule has 0 aliphatic heterocycles. The highest BCUT2D eigenvalue weighted by molar-refractivity contribution is 7.98. The van der Waals surface area contributed by atoms with Crippen LogP contribution in [0.4, 0.5) is 4.79 Å². The minimum Gasteiger partial charge on any atom is -0.480 e. The number of carbonyl (C=O) groups excluding carboxylic acids is 1. The van der Waals surface area contributed by atoms with Crippen LogP contribution in [0.2, 0.25) is 0 Å². The Morgan fingerprint density at radius 1 is 1.28 bits per heavy atom. The van der Waals surface area contributed by atoms with Gasteiger partial charge in [-0.15, -0.1) is 0 Å². The van der Waals surface area contributed by atoms with Gasteiger partial charge in [0.2, 0.25) is 0 Å². The molecular weight excluding hydrogens is 252 g/mol. The van der Waals surface area contributed by atoms with E-state index in [1.165, 1.54) is 0 Å². The summed E-state index contributed by atoms with van der Waals surface area (Å²) in [6.07, 6.45) is 2.34. The topological polar surface area (TPSA) is 78.4 Å². The average molecular weight is 276 g/mol. The first-order chi connectivity index (χ1) is 8.38. The number of carbonyl (C=O) groups is 2. The Morgan fingerprint density at radius 3 is 2.33 bits per heavy atom. The van der Waals surface area contributed by atoms with Crippen LogP contribution in [0.5, 0.6) is 0 Å². The molecule has 6 heteroatoms. The summed E-state index contributed by atoms with van der Waals surface area (Å²) in [5, 5.41) is 14.2. The van der Waals surface area contributed by atoms with Gasteiger partial charge in [0.05, 0.1) is 0 Å². The molecule has 0 aliphatic rings. The van der Waals surface area contributed by atoms with Crippen LogP contribution in [0.15, 0.2) is 0 Å². The monoisotopic (exact) mass is 276 g/mol. The van der Waals surface area contributed by atoms with E-state index in [1.807, 2.05) is 13.2 Å². The van der Waals surface area contributed by atoms with E-state index in [2.05, 4.69) is 24.5 Å². The molecule has 106 valence electrons. The van der Waals surface area contributed by atoms with Gasteiger partial charge in [0.25, 0.3) is 0 Å². The van der Waals surface area contributed by atoms with Gasteiger partial charge >= 0.3 is 12.0 Å². The highest BCUT2D eigenvalue weighted by atomic mass is 32.2. The quantitative estimate of drug-likeness (QED) is 0.631. The lowest BCUT2D eigenvalue weighted by Gasteiger charge is -2.18. The van der Waals surface area contributed by atoms with Crippen LogP contribution in [0, 0.1) is 11.8 Å². The van der Waals surface area contributed by atoms with E-state index in [4.69, 9.17) is 5.11 Å². The Hall–Kier alpha value is -0.910. The Labute approximate surface area is 113 Å². The molecule has 0 fully saturated rings. The molecule has 3 N–H and O–H groups in total. The molecule has 0 saturated heterocycles. The summed E-state index contributed by atoms with van der Waals surface area (Å²) < 4.78 is 0. The molecule has 2 amide bonds. The standard InChI is InChI=1S/C12H24N2O3S/c1-8(2)9(3)7-13-12(17)14-10(11(15)16)5-6-18-4/h8-10H,5-7H2,1-4H3,(H,15,16)(H2,13,14,17). The summed E-state index contributed by atoms with van der Waals surface area (Å²) in [5.74, 6) is 0.568. The summed E-state index contributed by atoms with van der Waals surface area (Å²) in [6, 6.07) is -1.22. The van der Waals surface area contributed by atoms with Crippen molar-refractivity contribution in [2.24, 2.45) is 11.8 Å². The molecule has 0 aliphatic carbocycles. The molecule has 0 bridgehead atoms. The summed E-state index contributed by atoms with van der Waals surface area (Å²) in [6.45, 7) is 6.78. The van der Waals surface area contributed by atoms with Gasteiger partial charge in [-0.05, 0) is 30.3 Å². The van der Waals surface area contributed by atoms with Crippen molar-refractivity contribution in [2.45, 2.75) is 33.2 Å².